The lowest BCUT2D eigenvalue weighted by molar-refractivity contribution is 0.0691. The monoisotopic (exact) mass is 403 g/mol. The molecule has 28 heavy (non-hydrogen) atoms. The first-order valence-electron chi connectivity index (χ1n) is 8.96. The number of halogens is 1. The van der Waals surface area contributed by atoms with Gasteiger partial charge in [-0.05, 0) is 43.1 Å². The van der Waals surface area contributed by atoms with Gasteiger partial charge in [0.1, 0.15) is 5.75 Å². The Kier molecular flexibility index (Phi) is 5.23. The zero-order valence-electron chi connectivity index (χ0n) is 15.6. The SMILES string of the molecule is CCNCc1cc2cc3c(cc2n1C)CCc1c-3[nH]c(=O)c(C(=O)O)c1O.Cl. The first-order valence-corrected chi connectivity index (χ1v) is 8.96. The number of benzene rings is 1. The van der Waals surface area contributed by atoms with E-state index in [1.165, 1.54) is 0 Å². The van der Waals surface area contributed by atoms with Crippen molar-refractivity contribution in [2.24, 2.45) is 7.05 Å². The molecule has 2 aromatic heterocycles. The van der Waals surface area contributed by atoms with E-state index >= 15 is 0 Å². The second-order valence-electron chi connectivity index (χ2n) is 6.88. The molecule has 1 aliphatic rings. The number of nitrogens with one attached hydrogen (secondary N) is 2. The maximum absolute atomic E-state index is 12.2. The van der Waals surface area contributed by atoms with Crippen LogP contribution >= 0.6 is 12.4 Å². The third-order valence-electron chi connectivity index (χ3n) is 5.34. The van der Waals surface area contributed by atoms with E-state index in [0.717, 1.165) is 40.8 Å². The molecule has 0 unspecified atom stereocenters. The van der Waals surface area contributed by atoms with Crippen molar-refractivity contribution in [3.8, 4) is 17.0 Å². The molecule has 0 spiro atoms. The van der Waals surface area contributed by atoms with Crippen LogP contribution in [-0.4, -0.2) is 32.3 Å². The van der Waals surface area contributed by atoms with Gasteiger partial charge < -0.3 is 25.1 Å². The minimum Gasteiger partial charge on any atom is -0.506 e. The summed E-state index contributed by atoms with van der Waals surface area (Å²) in [6.45, 7) is 3.72. The minimum absolute atomic E-state index is 0. The van der Waals surface area contributed by atoms with Gasteiger partial charge in [0.05, 0.1) is 5.69 Å². The van der Waals surface area contributed by atoms with Crippen molar-refractivity contribution < 1.29 is 15.0 Å². The Morgan fingerprint density at radius 2 is 2.04 bits per heavy atom. The number of carboxylic acids is 1. The van der Waals surface area contributed by atoms with Crippen LogP contribution in [0.1, 0.15) is 34.1 Å². The zero-order valence-corrected chi connectivity index (χ0v) is 16.4. The first-order chi connectivity index (χ1) is 12.9. The summed E-state index contributed by atoms with van der Waals surface area (Å²) in [7, 11) is 2.03. The molecule has 0 saturated heterocycles. The molecule has 7 nitrogen and oxygen atoms in total. The van der Waals surface area contributed by atoms with Crippen molar-refractivity contribution in [2.75, 3.05) is 6.54 Å². The molecule has 4 N–H and O–H groups in total. The van der Waals surface area contributed by atoms with Crippen LogP contribution < -0.4 is 10.9 Å². The van der Waals surface area contributed by atoms with Gasteiger partial charge in [-0.2, -0.15) is 0 Å². The Morgan fingerprint density at radius 3 is 2.71 bits per heavy atom. The number of nitrogens with zero attached hydrogens (tertiary/aromatic N) is 1. The minimum atomic E-state index is -1.42. The summed E-state index contributed by atoms with van der Waals surface area (Å²) in [4.78, 5) is 26.2. The summed E-state index contributed by atoms with van der Waals surface area (Å²) < 4.78 is 2.15. The van der Waals surface area contributed by atoms with Gasteiger partial charge in [-0.3, -0.25) is 4.79 Å². The average molecular weight is 404 g/mol. The normalized spacial score (nSPS) is 12.4. The lowest BCUT2D eigenvalue weighted by Gasteiger charge is -2.21. The van der Waals surface area contributed by atoms with Crippen molar-refractivity contribution in [2.45, 2.75) is 26.3 Å². The molecule has 0 amide bonds. The van der Waals surface area contributed by atoms with Crippen LogP contribution in [0.2, 0.25) is 0 Å². The molecule has 148 valence electrons. The predicted molar refractivity (Wildman–Crippen MR) is 110 cm³/mol. The molecular weight excluding hydrogens is 382 g/mol. The van der Waals surface area contributed by atoms with E-state index in [9.17, 15) is 19.8 Å². The van der Waals surface area contributed by atoms with Crippen molar-refractivity contribution in [3.05, 3.63) is 50.9 Å². The van der Waals surface area contributed by atoms with Gasteiger partial charge in [-0.1, -0.05) is 6.92 Å². The quantitative estimate of drug-likeness (QED) is 0.535. The maximum Gasteiger partial charge on any atom is 0.345 e. The van der Waals surface area contributed by atoms with Crippen LogP contribution in [-0.2, 0) is 26.4 Å². The maximum atomic E-state index is 12.2. The summed E-state index contributed by atoms with van der Waals surface area (Å²) in [6, 6.07) is 6.23. The molecule has 2 heterocycles. The van der Waals surface area contributed by atoms with Gasteiger partial charge in [-0.25, -0.2) is 4.79 Å². The van der Waals surface area contributed by atoms with Crippen LogP contribution in [0.3, 0.4) is 0 Å². The highest BCUT2D eigenvalue weighted by Crippen LogP contribution is 2.39. The fourth-order valence-electron chi connectivity index (χ4n) is 3.91. The number of hydrogen-bond donors (Lipinski definition) is 4. The highest BCUT2D eigenvalue weighted by Gasteiger charge is 2.27. The van der Waals surface area contributed by atoms with Gasteiger partial charge in [0, 0.05) is 41.3 Å². The largest absolute Gasteiger partial charge is 0.506 e. The van der Waals surface area contributed by atoms with Gasteiger partial charge in [0.25, 0.3) is 5.56 Å². The van der Waals surface area contributed by atoms with Crippen molar-refractivity contribution in [1.29, 1.82) is 0 Å². The Balaban J connectivity index is 0.00000225. The highest BCUT2D eigenvalue weighted by molar-refractivity contribution is 5.94. The van der Waals surface area contributed by atoms with E-state index in [1.54, 1.807) is 0 Å². The van der Waals surface area contributed by atoms with Crippen molar-refractivity contribution >= 4 is 29.3 Å². The summed E-state index contributed by atoms with van der Waals surface area (Å²) in [5.74, 6) is -1.85. The molecule has 3 aromatic rings. The molecule has 0 bridgehead atoms. The highest BCUT2D eigenvalue weighted by atomic mass is 35.5. The van der Waals surface area contributed by atoms with E-state index in [0.29, 0.717) is 24.1 Å². The Morgan fingerprint density at radius 1 is 1.29 bits per heavy atom. The summed E-state index contributed by atoms with van der Waals surface area (Å²) in [6.07, 6.45) is 1.15. The standard InChI is InChI=1S/C20H21N3O4.ClH/c1-3-21-9-12-6-11-7-14-10(8-15(11)23(12)2)4-5-13-17(14)22-19(25)16(18(13)24)20(26)27;/h6-8,21H,3-5,9H2,1-2H3,(H,26,27)(H2,22,24,25);1H. The Labute approximate surface area is 167 Å². The molecule has 4 rings (SSSR count). The molecule has 0 atom stereocenters. The number of aromatic carboxylic acids is 1. The van der Waals surface area contributed by atoms with E-state index < -0.39 is 22.8 Å². The molecule has 0 saturated carbocycles. The topological polar surface area (TPSA) is 107 Å². The van der Waals surface area contributed by atoms with E-state index in [2.05, 4.69) is 33.9 Å². The lowest BCUT2D eigenvalue weighted by Crippen LogP contribution is -2.22. The molecule has 0 fully saturated rings. The van der Waals surface area contributed by atoms with Crippen LogP contribution in [0.15, 0.2) is 23.0 Å². The Hall–Kier alpha value is -2.77. The van der Waals surface area contributed by atoms with Gasteiger partial charge in [0.2, 0.25) is 0 Å². The number of aromatic amines is 1. The number of aryl methyl sites for hydroxylation is 2. The van der Waals surface area contributed by atoms with Crippen molar-refractivity contribution in [3.63, 3.8) is 0 Å². The van der Waals surface area contributed by atoms with E-state index in [1.807, 2.05) is 13.1 Å². The third kappa shape index (κ3) is 2.96. The summed E-state index contributed by atoms with van der Waals surface area (Å²) >= 11 is 0. The molecular formula is C20H22ClN3O4. The fourth-order valence-corrected chi connectivity index (χ4v) is 3.91. The van der Waals surface area contributed by atoms with Crippen molar-refractivity contribution in [1.82, 2.24) is 14.9 Å². The molecule has 0 aliphatic heterocycles. The number of aromatic hydroxyl groups is 1. The Bertz CT molecular complexity index is 1150. The van der Waals surface area contributed by atoms with Gasteiger partial charge in [-0.15, -0.1) is 12.4 Å². The number of pyridine rings is 1. The molecule has 8 heteroatoms. The van der Waals surface area contributed by atoms with Gasteiger partial charge >= 0.3 is 5.97 Å². The second kappa shape index (κ2) is 7.33. The molecule has 1 aromatic carbocycles. The van der Waals surface area contributed by atoms with Crippen LogP contribution in [0.4, 0.5) is 0 Å². The van der Waals surface area contributed by atoms with Gasteiger partial charge in [0.15, 0.2) is 5.56 Å². The number of carbonyl (C=O) groups is 1. The number of H-pyrrole nitrogens is 1. The van der Waals surface area contributed by atoms with Crippen LogP contribution in [0.25, 0.3) is 22.2 Å². The van der Waals surface area contributed by atoms with Crippen LogP contribution in [0.5, 0.6) is 5.75 Å². The predicted octanol–water partition coefficient (Wildman–Crippen LogP) is 2.57. The molecule has 0 radical (unpaired) electrons. The van der Waals surface area contributed by atoms with Crippen LogP contribution in [0, 0.1) is 0 Å². The number of rotatable bonds is 4. The zero-order chi connectivity index (χ0) is 19.3. The summed E-state index contributed by atoms with van der Waals surface area (Å²) in [5.41, 5.74) is 3.81. The first kappa shape index (κ1) is 20.0. The number of hydrogen-bond acceptors (Lipinski definition) is 4. The lowest BCUT2D eigenvalue weighted by atomic mass is 9.87. The number of fused-ring (bicyclic) bond motifs is 4. The molecule has 1 aliphatic carbocycles. The van der Waals surface area contributed by atoms with E-state index in [4.69, 9.17) is 0 Å². The summed E-state index contributed by atoms with van der Waals surface area (Å²) in [5, 5.41) is 23.9. The second-order valence-corrected chi connectivity index (χ2v) is 6.88. The number of aromatic nitrogens is 2. The van der Waals surface area contributed by atoms with E-state index in [-0.39, 0.29) is 12.4 Å². The average Bonchev–Trinajstić information content (AvgIpc) is 2.93. The smallest absolute Gasteiger partial charge is 0.345 e. The fraction of sp³-hybridized carbons (Fsp3) is 0.300. The third-order valence-corrected chi connectivity index (χ3v) is 5.34. The number of carboxylic acid groups (broad SMARTS) is 1.